The van der Waals surface area contributed by atoms with Crippen molar-refractivity contribution in [3.63, 3.8) is 0 Å². The molecule has 2 aromatic carbocycles. The minimum absolute atomic E-state index is 0.290. The monoisotopic (exact) mass is 498 g/mol. The Morgan fingerprint density at radius 1 is 1.14 bits per heavy atom. The largest absolute Gasteiger partial charge is 0.494 e. The van der Waals surface area contributed by atoms with E-state index in [1.54, 1.807) is 23.9 Å². The minimum atomic E-state index is -0.523. The van der Waals surface area contributed by atoms with Crippen LogP contribution in [0, 0.1) is 0 Å². The summed E-state index contributed by atoms with van der Waals surface area (Å²) in [6.45, 7) is 5.00. The molecule has 1 aliphatic rings. The van der Waals surface area contributed by atoms with E-state index in [-0.39, 0.29) is 12.2 Å². The molecule has 3 atom stereocenters. The number of aliphatic hydroxyl groups is 1. The van der Waals surface area contributed by atoms with Gasteiger partial charge in [0.25, 0.3) is 0 Å². The Kier molecular flexibility index (Phi) is 8.44. The molecule has 3 aromatic rings. The number of hydrogen-bond acceptors (Lipinski definition) is 6. The van der Waals surface area contributed by atoms with Crippen molar-refractivity contribution in [1.29, 1.82) is 0 Å². The van der Waals surface area contributed by atoms with Crippen molar-refractivity contribution in [2.24, 2.45) is 0 Å². The van der Waals surface area contributed by atoms with E-state index in [2.05, 4.69) is 11.2 Å². The van der Waals surface area contributed by atoms with Gasteiger partial charge < -0.3 is 19.3 Å². The lowest BCUT2D eigenvalue weighted by Gasteiger charge is -2.34. The highest BCUT2D eigenvalue weighted by Gasteiger charge is 2.31. The van der Waals surface area contributed by atoms with Gasteiger partial charge >= 0.3 is 5.97 Å². The molecule has 3 unspecified atom stereocenters. The van der Waals surface area contributed by atoms with Gasteiger partial charge in [0.05, 0.1) is 38.1 Å². The Hall–Kier alpha value is -2.87. The quantitative estimate of drug-likeness (QED) is 0.419. The summed E-state index contributed by atoms with van der Waals surface area (Å²) in [6.07, 6.45) is 2.08. The molecule has 0 amide bonds. The second-order valence-electron chi connectivity index (χ2n) is 8.60. The van der Waals surface area contributed by atoms with Gasteiger partial charge in [0, 0.05) is 24.1 Å². The third kappa shape index (κ3) is 6.42. The first kappa shape index (κ1) is 25.2. The number of nitrogens with zero attached hydrogens (tertiary/aromatic N) is 2. The lowest BCUT2D eigenvalue weighted by atomic mass is 9.94. The van der Waals surface area contributed by atoms with Crippen LogP contribution in [0.4, 0.5) is 0 Å². The lowest BCUT2D eigenvalue weighted by molar-refractivity contribution is -0.104. The number of benzene rings is 2. The van der Waals surface area contributed by atoms with Crippen molar-refractivity contribution in [2.45, 2.75) is 58.0 Å². The number of halogens is 1. The van der Waals surface area contributed by atoms with Gasteiger partial charge in [-0.15, -0.1) is 0 Å². The van der Waals surface area contributed by atoms with Gasteiger partial charge in [-0.05, 0) is 61.2 Å². The molecule has 4 rings (SSSR count). The van der Waals surface area contributed by atoms with Crippen LogP contribution >= 0.6 is 11.6 Å². The van der Waals surface area contributed by atoms with Gasteiger partial charge in [-0.25, -0.2) is 4.79 Å². The van der Waals surface area contributed by atoms with Crippen LogP contribution in [0.1, 0.15) is 60.0 Å². The molecule has 35 heavy (non-hydrogen) atoms. The molecule has 1 N–H and O–H groups in total. The van der Waals surface area contributed by atoms with Crippen molar-refractivity contribution in [3.8, 4) is 5.75 Å². The average molecular weight is 499 g/mol. The lowest BCUT2D eigenvalue weighted by Crippen LogP contribution is -2.35. The highest BCUT2D eigenvalue weighted by molar-refractivity contribution is 6.31. The summed E-state index contributed by atoms with van der Waals surface area (Å²) in [4.78, 5) is 12.2. The maximum Gasteiger partial charge on any atom is 0.356 e. The zero-order chi connectivity index (χ0) is 24.8. The van der Waals surface area contributed by atoms with E-state index in [4.69, 9.17) is 25.8 Å². The minimum Gasteiger partial charge on any atom is -0.494 e. The highest BCUT2D eigenvalue weighted by Crippen LogP contribution is 2.34. The summed E-state index contributed by atoms with van der Waals surface area (Å²) < 4.78 is 18.6. The first-order valence-electron chi connectivity index (χ1n) is 12.0. The molecular weight excluding hydrogens is 468 g/mol. The molecule has 7 nitrogen and oxygen atoms in total. The fourth-order valence-corrected chi connectivity index (χ4v) is 4.58. The fourth-order valence-electron chi connectivity index (χ4n) is 4.39. The Labute approximate surface area is 210 Å². The number of carbonyl (C=O) groups is 1. The maximum absolute atomic E-state index is 12.2. The number of ether oxygens (including phenoxy) is 3. The smallest absolute Gasteiger partial charge is 0.356 e. The van der Waals surface area contributed by atoms with Crippen LogP contribution < -0.4 is 4.74 Å². The molecule has 8 heteroatoms. The zero-order valence-electron chi connectivity index (χ0n) is 20.0. The summed E-state index contributed by atoms with van der Waals surface area (Å²) in [6, 6.07) is 15.5. The number of esters is 1. The molecule has 1 aromatic heterocycles. The summed E-state index contributed by atoms with van der Waals surface area (Å²) in [5.74, 6) is 0.421. The van der Waals surface area contributed by atoms with Gasteiger partial charge in [-0.1, -0.05) is 35.9 Å². The molecule has 1 fully saturated rings. The van der Waals surface area contributed by atoms with Crippen LogP contribution in [0.25, 0.3) is 0 Å². The summed E-state index contributed by atoms with van der Waals surface area (Å²) in [7, 11) is 0. The van der Waals surface area contributed by atoms with Crippen LogP contribution in [0.15, 0.2) is 54.7 Å². The van der Waals surface area contributed by atoms with E-state index in [0.29, 0.717) is 49.7 Å². The SMILES string of the molecule is CCOC(=O)c1ccnn1CC1CC(O)CC(c2ccc(Cl)c(Cc3ccc(OCC)cc3)c2)O1. The summed E-state index contributed by atoms with van der Waals surface area (Å²) in [5.41, 5.74) is 3.45. The van der Waals surface area contributed by atoms with Gasteiger partial charge in [-0.2, -0.15) is 5.10 Å². The van der Waals surface area contributed by atoms with Crippen molar-refractivity contribution in [3.05, 3.63) is 82.1 Å². The van der Waals surface area contributed by atoms with Crippen molar-refractivity contribution in [2.75, 3.05) is 13.2 Å². The maximum atomic E-state index is 12.2. The molecule has 2 heterocycles. The molecule has 0 aliphatic carbocycles. The Morgan fingerprint density at radius 3 is 2.69 bits per heavy atom. The Bertz CT molecular complexity index is 1130. The molecular formula is C27H31ClN2O5. The average Bonchev–Trinajstić information content (AvgIpc) is 3.30. The van der Waals surface area contributed by atoms with Crippen LogP contribution in [0.3, 0.4) is 0 Å². The van der Waals surface area contributed by atoms with Gasteiger partial charge in [-0.3, -0.25) is 4.68 Å². The topological polar surface area (TPSA) is 82.8 Å². The van der Waals surface area contributed by atoms with E-state index in [9.17, 15) is 9.90 Å². The molecule has 0 spiro atoms. The normalized spacial score (nSPS) is 19.9. The third-order valence-electron chi connectivity index (χ3n) is 6.03. The van der Waals surface area contributed by atoms with Gasteiger partial charge in [0.1, 0.15) is 11.4 Å². The molecule has 186 valence electrons. The summed E-state index contributed by atoms with van der Waals surface area (Å²) >= 11 is 6.52. The molecule has 1 aliphatic heterocycles. The molecule has 1 saturated heterocycles. The predicted molar refractivity (Wildman–Crippen MR) is 133 cm³/mol. The standard InChI is InChI=1S/C27H31ClN2O5/c1-3-33-22-8-5-18(6-9-22)13-20-14-19(7-10-24(20)28)26-16-21(31)15-23(35-26)17-30-25(11-12-29-30)27(32)34-4-2/h5-12,14,21,23,26,31H,3-4,13,15-17H2,1-2H3. The van der Waals surface area contributed by atoms with Gasteiger partial charge in [0.15, 0.2) is 0 Å². The van der Waals surface area contributed by atoms with Crippen LogP contribution in [-0.4, -0.2) is 46.3 Å². The fraction of sp³-hybridized carbons (Fsp3) is 0.407. The van der Waals surface area contributed by atoms with Gasteiger partial charge in [0.2, 0.25) is 0 Å². The predicted octanol–water partition coefficient (Wildman–Crippen LogP) is 4.98. The van der Waals surface area contributed by atoms with Crippen molar-refractivity contribution in [1.82, 2.24) is 9.78 Å². The Balaban J connectivity index is 1.48. The zero-order valence-corrected chi connectivity index (χ0v) is 20.8. The molecule has 0 saturated carbocycles. The van der Waals surface area contributed by atoms with Crippen molar-refractivity contribution < 1.29 is 24.1 Å². The first-order chi connectivity index (χ1) is 17.0. The van der Waals surface area contributed by atoms with E-state index < -0.39 is 12.1 Å². The van der Waals surface area contributed by atoms with E-state index in [1.165, 1.54) is 0 Å². The number of aromatic nitrogens is 2. The Morgan fingerprint density at radius 2 is 1.94 bits per heavy atom. The second-order valence-corrected chi connectivity index (χ2v) is 9.00. The third-order valence-corrected chi connectivity index (χ3v) is 6.39. The van der Waals surface area contributed by atoms with Crippen molar-refractivity contribution >= 4 is 17.6 Å². The number of rotatable bonds is 9. The number of hydrogen-bond donors (Lipinski definition) is 1. The summed E-state index contributed by atoms with van der Waals surface area (Å²) in [5, 5.41) is 15.5. The van der Waals surface area contributed by atoms with Crippen LogP contribution in [0.2, 0.25) is 5.02 Å². The van der Waals surface area contributed by atoms with Crippen LogP contribution in [0.5, 0.6) is 5.75 Å². The molecule has 0 radical (unpaired) electrons. The van der Waals surface area contributed by atoms with E-state index in [0.717, 1.165) is 22.4 Å². The number of carbonyl (C=O) groups excluding carboxylic acids is 1. The molecule has 0 bridgehead atoms. The van der Waals surface area contributed by atoms with E-state index in [1.807, 2.05) is 43.3 Å². The van der Waals surface area contributed by atoms with Crippen LogP contribution in [-0.2, 0) is 22.4 Å². The highest BCUT2D eigenvalue weighted by atomic mass is 35.5. The number of aliphatic hydroxyl groups excluding tert-OH is 1. The van der Waals surface area contributed by atoms with E-state index >= 15 is 0 Å². The second kappa shape index (κ2) is 11.7. The first-order valence-corrected chi connectivity index (χ1v) is 12.4.